The van der Waals surface area contributed by atoms with Crippen LogP contribution in [0, 0.1) is 5.92 Å². The van der Waals surface area contributed by atoms with Gasteiger partial charge >= 0.3 is 0 Å². The molecule has 1 aliphatic heterocycles. The number of amides is 1. The molecule has 1 aromatic carbocycles. The maximum Gasteiger partial charge on any atom is 0.224 e. The Morgan fingerprint density at radius 1 is 1.30 bits per heavy atom. The summed E-state index contributed by atoms with van der Waals surface area (Å²) in [4.78, 5) is 11.8. The molecule has 0 radical (unpaired) electrons. The van der Waals surface area contributed by atoms with Crippen molar-refractivity contribution in [2.45, 2.75) is 32.3 Å². The second-order valence-corrected chi connectivity index (χ2v) is 5.37. The number of ether oxygens (including phenoxy) is 1. The van der Waals surface area contributed by atoms with Gasteiger partial charge in [0.25, 0.3) is 0 Å². The second kappa shape index (κ2) is 8.02. The molecule has 2 N–H and O–H groups in total. The fourth-order valence-electron chi connectivity index (χ4n) is 2.46. The maximum absolute atomic E-state index is 11.8. The number of hydrogen-bond acceptors (Lipinski definition) is 3. The highest BCUT2D eigenvalue weighted by molar-refractivity contribution is 5.78. The van der Waals surface area contributed by atoms with Crippen molar-refractivity contribution in [3.05, 3.63) is 35.4 Å². The highest BCUT2D eigenvalue weighted by Gasteiger charge is 2.13. The summed E-state index contributed by atoms with van der Waals surface area (Å²) in [6.07, 6.45) is 3.73. The van der Waals surface area contributed by atoms with Crippen molar-refractivity contribution >= 4 is 5.91 Å². The normalized spacial score (nSPS) is 18.8. The highest BCUT2D eigenvalue weighted by Crippen LogP contribution is 2.16. The summed E-state index contributed by atoms with van der Waals surface area (Å²) < 4.78 is 5.42. The molecular formula is C16H23NO3. The highest BCUT2D eigenvalue weighted by atomic mass is 16.5. The van der Waals surface area contributed by atoms with Gasteiger partial charge in [0, 0.05) is 19.8 Å². The Morgan fingerprint density at radius 3 is 2.70 bits per heavy atom. The predicted molar refractivity (Wildman–Crippen MR) is 77.2 cm³/mol. The minimum Gasteiger partial charge on any atom is -0.392 e. The summed E-state index contributed by atoms with van der Waals surface area (Å²) in [6.45, 7) is 2.47. The van der Waals surface area contributed by atoms with Gasteiger partial charge in [-0.05, 0) is 36.3 Å². The van der Waals surface area contributed by atoms with E-state index in [2.05, 4.69) is 5.32 Å². The van der Waals surface area contributed by atoms with Crippen molar-refractivity contribution in [2.75, 3.05) is 19.8 Å². The number of aliphatic hydroxyl groups excluding tert-OH is 1. The van der Waals surface area contributed by atoms with Crippen molar-refractivity contribution in [1.29, 1.82) is 0 Å². The predicted octanol–water partition coefficient (Wildman–Crippen LogP) is 1.65. The van der Waals surface area contributed by atoms with E-state index in [1.54, 1.807) is 0 Å². The molecule has 110 valence electrons. The Balaban J connectivity index is 1.66. The Hall–Kier alpha value is -1.39. The van der Waals surface area contributed by atoms with Crippen LogP contribution >= 0.6 is 0 Å². The third-order valence-electron chi connectivity index (χ3n) is 3.70. The Morgan fingerprint density at radius 2 is 2.05 bits per heavy atom. The van der Waals surface area contributed by atoms with Gasteiger partial charge in [0.05, 0.1) is 13.0 Å². The number of nitrogens with one attached hydrogen (secondary N) is 1. The number of rotatable bonds is 6. The molecule has 1 atom stereocenters. The van der Waals surface area contributed by atoms with Crippen molar-refractivity contribution in [1.82, 2.24) is 5.32 Å². The van der Waals surface area contributed by atoms with Crippen LogP contribution in [0.15, 0.2) is 24.3 Å². The first-order valence-electron chi connectivity index (χ1n) is 7.31. The van der Waals surface area contributed by atoms with Crippen LogP contribution in [0.1, 0.15) is 30.4 Å². The molecule has 4 nitrogen and oxygen atoms in total. The molecule has 1 aliphatic rings. The van der Waals surface area contributed by atoms with Gasteiger partial charge in [-0.2, -0.15) is 0 Å². The van der Waals surface area contributed by atoms with Crippen molar-refractivity contribution in [3.63, 3.8) is 0 Å². The lowest BCUT2D eigenvalue weighted by Crippen LogP contribution is -2.29. The van der Waals surface area contributed by atoms with Crippen molar-refractivity contribution in [2.24, 2.45) is 5.92 Å². The summed E-state index contributed by atoms with van der Waals surface area (Å²) in [5.74, 6) is 0.645. The van der Waals surface area contributed by atoms with Gasteiger partial charge in [0.1, 0.15) is 0 Å². The van der Waals surface area contributed by atoms with Gasteiger partial charge in [0.2, 0.25) is 5.91 Å². The monoisotopic (exact) mass is 277 g/mol. The maximum atomic E-state index is 11.8. The molecule has 0 aliphatic carbocycles. The minimum absolute atomic E-state index is 0.0376. The molecule has 1 heterocycles. The number of carbonyl (C=O) groups excluding carboxylic acids is 1. The molecule has 1 aromatic rings. The molecule has 0 bridgehead atoms. The molecular weight excluding hydrogens is 254 g/mol. The zero-order chi connectivity index (χ0) is 14.2. The van der Waals surface area contributed by atoms with Crippen molar-refractivity contribution in [3.8, 4) is 0 Å². The van der Waals surface area contributed by atoms with E-state index in [-0.39, 0.29) is 12.5 Å². The topological polar surface area (TPSA) is 58.6 Å². The summed E-state index contributed by atoms with van der Waals surface area (Å²) in [5.41, 5.74) is 1.84. The lowest BCUT2D eigenvalue weighted by molar-refractivity contribution is -0.120. The molecule has 1 amide bonds. The van der Waals surface area contributed by atoms with Crippen LogP contribution in [-0.2, 0) is 22.6 Å². The van der Waals surface area contributed by atoms with Crippen LogP contribution in [0.5, 0.6) is 0 Å². The van der Waals surface area contributed by atoms with E-state index < -0.39 is 0 Å². The van der Waals surface area contributed by atoms with Crippen LogP contribution in [0.25, 0.3) is 0 Å². The van der Waals surface area contributed by atoms with Crippen LogP contribution in [0.2, 0.25) is 0 Å². The Labute approximate surface area is 120 Å². The average Bonchev–Trinajstić information content (AvgIpc) is 2.49. The van der Waals surface area contributed by atoms with Crippen molar-refractivity contribution < 1.29 is 14.6 Å². The molecule has 20 heavy (non-hydrogen) atoms. The molecule has 0 aromatic heterocycles. The molecule has 1 fully saturated rings. The second-order valence-electron chi connectivity index (χ2n) is 5.37. The van der Waals surface area contributed by atoms with Crippen LogP contribution in [0.3, 0.4) is 0 Å². The molecule has 1 saturated heterocycles. The molecule has 0 unspecified atom stereocenters. The fourth-order valence-corrected chi connectivity index (χ4v) is 2.46. The minimum atomic E-state index is 0.0376. The number of carbonyl (C=O) groups is 1. The fraction of sp³-hybridized carbons (Fsp3) is 0.562. The Bertz CT molecular complexity index is 410. The molecule has 2 rings (SSSR count). The molecule has 0 saturated carbocycles. The van der Waals surface area contributed by atoms with Crippen LogP contribution in [-0.4, -0.2) is 30.8 Å². The standard InChI is InChI=1S/C16H23NO3/c18-11-14-5-3-13(4-6-14)10-16(19)17-8-7-15-2-1-9-20-12-15/h3-6,15,18H,1-2,7-12H2,(H,17,19)/t15-/m1/s1. The average molecular weight is 277 g/mol. The van der Waals surface area contributed by atoms with Gasteiger partial charge in [-0.15, -0.1) is 0 Å². The van der Waals surface area contributed by atoms with E-state index in [0.29, 0.717) is 12.3 Å². The zero-order valence-corrected chi connectivity index (χ0v) is 11.8. The SMILES string of the molecule is O=C(Cc1ccc(CO)cc1)NCC[C@H]1CCCOC1. The Kier molecular flexibility index (Phi) is 6.02. The van der Waals surface area contributed by atoms with Gasteiger partial charge in [-0.3, -0.25) is 4.79 Å². The third kappa shape index (κ3) is 4.94. The zero-order valence-electron chi connectivity index (χ0n) is 11.8. The van der Waals surface area contributed by atoms with E-state index in [1.807, 2.05) is 24.3 Å². The first-order chi connectivity index (χ1) is 9.78. The summed E-state index contributed by atoms with van der Waals surface area (Å²) in [7, 11) is 0. The van der Waals surface area contributed by atoms with Gasteiger partial charge < -0.3 is 15.2 Å². The number of benzene rings is 1. The number of aliphatic hydroxyl groups is 1. The third-order valence-corrected chi connectivity index (χ3v) is 3.70. The quantitative estimate of drug-likeness (QED) is 0.831. The van der Waals surface area contributed by atoms with E-state index in [9.17, 15) is 4.79 Å². The van der Waals surface area contributed by atoms with Crippen LogP contribution < -0.4 is 5.32 Å². The van der Waals surface area contributed by atoms with E-state index >= 15 is 0 Å². The lowest BCUT2D eigenvalue weighted by atomic mass is 9.99. The van der Waals surface area contributed by atoms with Gasteiger partial charge in [-0.25, -0.2) is 0 Å². The summed E-state index contributed by atoms with van der Waals surface area (Å²) >= 11 is 0. The van der Waals surface area contributed by atoms with Crippen LogP contribution in [0.4, 0.5) is 0 Å². The largest absolute Gasteiger partial charge is 0.392 e. The van der Waals surface area contributed by atoms with E-state index in [0.717, 1.165) is 43.7 Å². The van der Waals surface area contributed by atoms with Gasteiger partial charge in [-0.1, -0.05) is 24.3 Å². The summed E-state index contributed by atoms with van der Waals surface area (Å²) in [6, 6.07) is 7.48. The number of hydrogen-bond donors (Lipinski definition) is 2. The van der Waals surface area contributed by atoms with Gasteiger partial charge in [0.15, 0.2) is 0 Å². The van der Waals surface area contributed by atoms with E-state index in [4.69, 9.17) is 9.84 Å². The lowest BCUT2D eigenvalue weighted by Gasteiger charge is -2.21. The first kappa shape index (κ1) is 15.0. The van der Waals surface area contributed by atoms with E-state index in [1.165, 1.54) is 6.42 Å². The first-order valence-corrected chi connectivity index (χ1v) is 7.31. The molecule has 0 spiro atoms. The summed E-state index contributed by atoms with van der Waals surface area (Å²) in [5, 5.41) is 11.9. The molecule has 4 heteroatoms. The smallest absolute Gasteiger partial charge is 0.224 e.